The molecule has 0 saturated carbocycles. The van der Waals surface area contributed by atoms with Gasteiger partial charge in [0, 0.05) is 11.8 Å². The van der Waals surface area contributed by atoms with Gasteiger partial charge in [-0.25, -0.2) is 4.79 Å². The minimum absolute atomic E-state index is 0.296. The van der Waals surface area contributed by atoms with E-state index in [1.165, 1.54) is 0 Å². The van der Waals surface area contributed by atoms with E-state index in [4.69, 9.17) is 21.1 Å². The first-order valence-electron chi connectivity index (χ1n) is 6.59. The van der Waals surface area contributed by atoms with E-state index in [0.717, 1.165) is 0 Å². The van der Waals surface area contributed by atoms with Crippen molar-refractivity contribution in [1.29, 1.82) is 0 Å². The molecule has 22 heavy (non-hydrogen) atoms. The van der Waals surface area contributed by atoms with E-state index < -0.39 is 11.7 Å². The van der Waals surface area contributed by atoms with E-state index in [0.29, 0.717) is 22.5 Å². The lowest BCUT2D eigenvalue weighted by Crippen LogP contribution is -2.27. The van der Waals surface area contributed by atoms with Crippen LogP contribution in [0.4, 0.5) is 10.5 Å². The van der Waals surface area contributed by atoms with Crippen LogP contribution in [0.2, 0.25) is 5.15 Å². The minimum atomic E-state index is -0.541. The number of carbonyl (C=O) groups excluding carboxylic acids is 1. The van der Waals surface area contributed by atoms with Crippen molar-refractivity contribution >= 4 is 23.4 Å². The van der Waals surface area contributed by atoms with Crippen molar-refractivity contribution in [3.8, 4) is 11.6 Å². The number of ether oxygens (including phenoxy) is 2. The van der Waals surface area contributed by atoms with Gasteiger partial charge in [0.15, 0.2) is 5.15 Å². The second kappa shape index (κ2) is 6.62. The third-order valence-corrected chi connectivity index (χ3v) is 2.53. The Hall–Kier alpha value is -2.34. The highest BCUT2D eigenvalue weighted by Gasteiger charge is 2.16. The summed E-state index contributed by atoms with van der Waals surface area (Å²) in [6.45, 7) is 5.41. The molecule has 0 aliphatic heterocycles. The van der Waals surface area contributed by atoms with Crippen molar-refractivity contribution in [2.75, 3.05) is 5.32 Å². The molecular formula is C15H16ClN3O3. The van der Waals surface area contributed by atoms with Gasteiger partial charge >= 0.3 is 6.09 Å². The fourth-order valence-electron chi connectivity index (χ4n) is 1.51. The second-order valence-corrected chi connectivity index (χ2v) is 5.83. The molecule has 1 heterocycles. The number of nitrogens with one attached hydrogen (secondary N) is 1. The van der Waals surface area contributed by atoms with Crippen LogP contribution in [0.5, 0.6) is 11.6 Å². The predicted molar refractivity (Wildman–Crippen MR) is 83.4 cm³/mol. The Labute approximate surface area is 133 Å². The third kappa shape index (κ3) is 5.21. The van der Waals surface area contributed by atoms with Crippen LogP contribution >= 0.6 is 11.6 Å². The van der Waals surface area contributed by atoms with Gasteiger partial charge < -0.3 is 9.47 Å². The Balaban J connectivity index is 1.95. The van der Waals surface area contributed by atoms with Crippen molar-refractivity contribution in [3.63, 3.8) is 0 Å². The number of aromatic nitrogens is 2. The zero-order valence-corrected chi connectivity index (χ0v) is 13.2. The molecule has 6 nitrogen and oxygen atoms in total. The van der Waals surface area contributed by atoms with Gasteiger partial charge in [0.05, 0.1) is 0 Å². The highest BCUT2D eigenvalue weighted by Crippen LogP contribution is 2.22. The molecule has 0 spiro atoms. The van der Waals surface area contributed by atoms with Crippen molar-refractivity contribution in [2.45, 2.75) is 26.4 Å². The van der Waals surface area contributed by atoms with Gasteiger partial charge in [0.25, 0.3) is 0 Å². The molecule has 0 unspecified atom stereocenters. The Morgan fingerprint density at radius 3 is 2.32 bits per heavy atom. The molecule has 0 bridgehead atoms. The molecular weight excluding hydrogens is 306 g/mol. The first kappa shape index (κ1) is 16.0. The molecule has 116 valence electrons. The predicted octanol–water partition coefficient (Wildman–Crippen LogP) is 4.27. The summed E-state index contributed by atoms with van der Waals surface area (Å²) in [6.07, 6.45) is -0.510. The van der Waals surface area contributed by atoms with Crippen LogP contribution < -0.4 is 10.1 Å². The van der Waals surface area contributed by atoms with Crippen LogP contribution in [-0.4, -0.2) is 21.9 Å². The quantitative estimate of drug-likeness (QED) is 0.913. The smallest absolute Gasteiger partial charge is 0.412 e. The fraction of sp³-hybridized carbons (Fsp3) is 0.267. The lowest BCUT2D eigenvalue weighted by molar-refractivity contribution is 0.0636. The maximum Gasteiger partial charge on any atom is 0.412 e. The van der Waals surface area contributed by atoms with Gasteiger partial charge in [-0.15, -0.1) is 10.2 Å². The van der Waals surface area contributed by atoms with Crippen molar-refractivity contribution < 1.29 is 14.3 Å². The van der Waals surface area contributed by atoms with Crippen LogP contribution in [0.1, 0.15) is 20.8 Å². The molecule has 2 aromatic rings. The zero-order valence-electron chi connectivity index (χ0n) is 12.5. The van der Waals surface area contributed by atoms with E-state index in [1.54, 1.807) is 57.2 Å². The molecule has 1 amide bonds. The summed E-state index contributed by atoms with van der Waals surface area (Å²) in [6, 6.07) is 9.99. The largest absolute Gasteiger partial charge is 0.444 e. The van der Waals surface area contributed by atoms with Crippen LogP contribution in [0, 0.1) is 0 Å². The molecule has 0 aliphatic rings. The number of benzene rings is 1. The van der Waals surface area contributed by atoms with E-state index in [-0.39, 0.29) is 0 Å². The average molecular weight is 322 g/mol. The van der Waals surface area contributed by atoms with Gasteiger partial charge in [0.1, 0.15) is 11.4 Å². The third-order valence-electron chi connectivity index (χ3n) is 2.33. The van der Waals surface area contributed by atoms with Gasteiger partial charge in [-0.1, -0.05) is 11.6 Å². The van der Waals surface area contributed by atoms with E-state index in [9.17, 15) is 4.79 Å². The topological polar surface area (TPSA) is 73.3 Å². The van der Waals surface area contributed by atoms with Crippen LogP contribution in [-0.2, 0) is 4.74 Å². The second-order valence-electron chi connectivity index (χ2n) is 5.45. The normalized spacial score (nSPS) is 10.9. The number of rotatable bonds is 3. The molecule has 1 aromatic heterocycles. The maximum absolute atomic E-state index is 11.6. The summed E-state index contributed by atoms with van der Waals surface area (Å²) in [4.78, 5) is 11.6. The number of hydrogen-bond donors (Lipinski definition) is 1. The molecule has 1 N–H and O–H groups in total. The molecule has 2 rings (SSSR count). The molecule has 1 aromatic carbocycles. The van der Waals surface area contributed by atoms with Gasteiger partial charge in [-0.05, 0) is 51.1 Å². The number of anilines is 1. The summed E-state index contributed by atoms with van der Waals surface area (Å²) >= 11 is 5.65. The Bertz CT molecular complexity index is 637. The van der Waals surface area contributed by atoms with E-state index in [2.05, 4.69) is 15.5 Å². The van der Waals surface area contributed by atoms with Crippen molar-refractivity contribution in [1.82, 2.24) is 10.2 Å². The fourth-order valence-corrected chi connectivity index (χ4v) is 1.61. The Kier molecular flexibility index (Phi) is 4.82. The number of nitrogens with zero attached hydrogens (tertiary/aromatic N) is 2. The number of hydrogen-bond acceptors (Lipinski definition) is 5. The Morgan fingerprint density at radius 2 is 1.77 bits per heavy atom. The molecule has 0 fully saturated rings. The lowest BCUT2D eigenvalue weighted by atomic mass is 10.2. The van der Waals surface area contributed by atoms with Gasteiger partial charge in [0.2, 0.25) is 5.88 Å². The molecule has 0 aliphatic carbocycles. The minimum Gasteiger partial charge on any atom is -0.444 e. The zero-order chi connectivity index (χ0) is 16.2. The number of amides is 1. The summed E-state index contributed by atoms with van der Waals surface area (Å²) < 4.78 is 10.7. The van der Waals surface area contributed by atoms with Crippen molar-refractivity contribution in [2.24, 2.45) is 0 Å². The SMILES string of the molecule is CC(C)(C)OC(=O)Nc1ccc(Oc2ccc(Cl)nn2)cc1. The number of carbonyl (C=O) groups is 1. The maximum atomic E-state index is 11.6. The summed E-state index contributed by atoms with van der Waals surface area (Å²) in [5.41, 5.74) is 0.0594. The van der Waals surface area contributed by atoms with Crippen LogP contribution in [0.25, 0.3) is 0 Å². The first-order chi connectivity index (χ1) is 10.3. The summed E-state index contributed by atoms with van der Waals surface area (Å²) in [7, 11) is 0. The van der Waals surface area contributed by atoms with Crippen LogP contribution in [0.3, 0.4) is 0 Å². The average Bonchev–Trinajstić information content (AvgIpc) is 2.41. The molecule has 7 heteroatoms. The van der Waals surface area contributed by atoms with Crippen molar-refractivity contribution in [3.05, 3.63) is 41.6 Å². The van der Waals surface area contributed by atoms with Crippen LogP contribution in [0.15, 0.2) is 36.4 Å². The first-order valence-corrected chi connectivity index (χ1v) is 6.97. The molecule has 0 atom stereocenters. The lowest BCUT2D eigenvalue weighted by Gasteiger charge is -2.19. The summed E-state index contributed by atoms with van der Waals surface area (Å²) in [5.74, 6) is 0.892. The van der Waals surface area contributed by atoms with Gasteiger partial charge in [-0.2, -0.15) is 0 Å². The van der Waals surface area contributed by atoms with E-state index in [1.807, 2.05) is 0 Å². The number of halogens is 1. The standard InChI is InChI=1S/C15H16ClN3O3/c1-15(2,3)22-14(20)17-10-4-6-11(7-5-10)21-13-9-8-12(16)18-19-13/h4-9H,1-3H3,(H,17,20). The van der Waals surface area contributed by atoms with E-state index >= 15 is 0 Å². The molecule has 0 radical (unpaired) electrons. The van der Waals surface area contributed by atoms with Gasteiger partial charge in [-0.3, -0.25) is 5.32 Å². The summed E-state index contributed by atoms with van der Waals surface area (Å²) in [5, 5.41) is 10.4. The highest BCUT2D eigenvalue weighted by atomic mass is 35.5. The Morgan fingerprint density at radius 1 is 1.09 bits per heavy atom. The highest BCUT2D eigenvalue weighted by molar-refractivity contribution is 6.29. The molecule has 0 saturated heterocycles. The monoisotopic (exact) mass is 321 g/mol.